The zero-order valence-electron chi connectivity index (χ0n) is 11.5. The van der Waals surface area contributed by atoms with Gasteiger partial charge < -0.3 is 10.1 Å². The van der Waals surface area contributed by atoms with Gasteiger partial charge in [0.2, 0.25) is 5.91 Å². The van der Waals surface area contributed by atoms with E-state index in [9.17, 15) is 9.59 Å². The fraction of sp³-hybridized carbons (Fsp3) is 0.333. The maximum atomic E-state index is 11.5. The van der Waals surface area contributed by atoms with Crippen molar-refractivity contribution in [3.8, 4) is 0 Å². The quantitative estimate of drug-likeness (QED) is 0.826. The summed E-state index contributed by atoms with van der Waals surface area (Å²) < 4.78 is 4.64. The lowest BCUT2D eigenvalue weighted by atomic mass is 10.1. The lowest BCUT2D eigenvalue weighted by molar-refractivity contribution is -0.144. The molecule has 4 heteroatoms. The van der Waals surface area contributed by atoms with Crippen LogP contribution >= 0.6 is 0 Å². The number of hydrogen-bond acceptors (Lipinski definition) is 3. The highest BCUT2D eigenvalue weighted by atomic mass is 16.5. The van der Waals surface area contributed by atoms with Crippen LogP contribution in [0.5, 0.6) is 0 Å². The molecule has 0 aromatic heterocycles. The largest absolute Gasteiger partial charge is 0.467 e. The average molecular weight is 261 g/mol. The Balaban J connectivity index is 2.62. The second-order valence-electron chi connectivity index (χ2n) is 4.33. The Hall–Kier alpha value is -2.10. The summed E-state index contributed by atoms with van der Waals surface area (Å²) in [6.45, 7) is 3.40. The standard InChI is InChI=1S/C15H19NO3/c1-11-7-9-13(10-8-11)5-4-6-14(15(18)19-3)16-12(2)17/h4-5,7-10,14H,6H2,1-3H3,(H,16,17)/b5-4+/t14-/m0/s1. The van der Waals surface area contributed by atoms with Crippen molar-refractivity contribution in [2.45, 2.75) is 26.3 Å². The van der Waals surface area contributed by atoms with Gasteiger partial charge in [0.1, 0.15) is 6.04 Å². The number of esters is 1. The second-order valence-corrected chi connectivity index (χ2v) is 4.33. The van der Waals surface area contributed by atoms with Gasteiger partial charge in [-0.25, -0.2) is 4.79 Å². The molecule has 0 spiro atoms. The molecule has 4 nitrogen and oxygen atoms in total. The summed E-state index contributed by atoms with van der Waals surface area (Å²) in [4.78, 5) is 22.5. The highest BCUT2D eigenvalue weighted by molar-refractivity contribution is 5.83. The molecule has 0 heterocycles. The van der Waals surface area contributed by atoms with Crippen molar-refractivity contribution in [3.05, 3.63) is 41.5 Å². The Morgan fingerprint density at radius 1 is 1.32 bits per heavy atom. The van der Waals surface area contributed by atoms with Gasteiger partial charge in [-0.2, -0.15) is 0 Å². The van der Waals surface area contributed by atoms with Crippen molar-refractivity contribution in [1.82, 2.24) is 5.32 Å². The number of rotatable bonds is 5. The van der Waals surface area contributed by atoms with E-state index >= 15 is 0 Å². The SMILES string of the molecule is COC(=O)[C@H](C/C=C/c1ccc(C)cc1)NC(C)=O. The number of aryl methyl sites for hydroxylation is 1. The second kappa shape index (κ2) is 7.36. The predicted molar refractivity (Wildman–Crippen MR) is 74.5 cm³/mol. The van der Waals surface area contributed by atoms with E-state index in [1.807, 2.05) is 43.3 Å². The number of ether oxygens (including phenoxy) is 1. The first-order chi connectivity index (χ1) is 9.02. The lowest BCUT2D eigenvalue weighted by Gasteiger charge is -2.13. The van der Waals surface area contributed by atoms with E-state index in [0.717, 1.165) is 5.56 Å². The summed E-state index contributed by atoms with van der Waals surface area (Å²) in [5, 5.41) is 2.56. The predicted octanol–water partition coefficient (Wildman–Crippen LogP) is 2.08. The number of methoxy groups -OCH3 is 1. The Morgan fingerprint density at radius 2 is 1.95 bits per heavy atom. The van der Waals surface area contributed by atoms with E-state index < -0.39 is 12.0 Å². The van der Waals surface area contributed by atoms with E-state index in [0.29, 0.717) is 6.42 Å². The number of hydrogen-bond donors (Lipinski definition) is 1. The maximum absolute atomic E-state index is 11.5. The molecule has 0 bridgehead atoms. The molecule has 1 rings (SSSR count). The smallest absolute Gasteiger partial charge is 0.328 e. The lowest BCUT2D eigenvalue weighted by Crippen LogP contribution is -2.39. The molecule has 1 N–H and O–H groups in total. The number of carbonyl (C=O) groups is 2. The summed E-state index contributed by atoms with van der Waals surface area (Å²) in [5.41, 5.74) is 2.25. The van der Waals surface area contributed by atoms with Crippen molar-refractivity contribution in [3.63, 3.8) is 0 Å². The van der Waals surface area contributed by atoms with Gasteiger partial charge in [-0.1, -0.05) is 42.0 Å². The topological polar surface area (TPSA) is 55.4 Å². The first kappa shape index (κ1) is 15.0. The molecule has 0 fully saturated rings. The van der Waals surface area contributed by atoms with Crippen LogP contribution in [0.1, 0.15) is 24.5 Å². The first-order valence-corrected chi connectivity index (χ1v) is 6.11. The van der Waals surface area contributed by atoms with E-state index in [4.69, 9.17) is 0 Å². The van der Waals surface area contributed by atoms with Crippen molar-refractivity contribution < 1.29 is 14.3 Å². The molecule has 1 atom stereocenters. The Kier molecular flexibility index (Phi) is 5.79. The summed E-state index contributed by atoms with van der Waals surface area (Å²) >= 11 is 0. The van der Waals surface area contributed by atoms with Crippen molar-refractivity contribution >= 4 is 18.0 Å². The minimum absolute atomic E-state index is 0.251. The van der Waals surface area contributed by atoms with Gasteiger partial charge in [0.15, 0.2) is 0 Å². The van der Waals surface area contributed by atoms with Crippen molar-refractivity contribution in [2.24, 2.45) is 0 Å². The van der Waals surface area contributed by atoms with Crippen LogP contribution in [-0.4, -0.2) is 25.0 Å². The van der Waals surface area contributed by atoms with Crippen LogP contribution in [0.4, 0.5) is 0 Å². The molecule has 1 aromatic rings. The van der Waals surface area contributed by atoms with Gasteiger partial charge in [0.05, 0.1) is 7.11 Å². The highest BCUT2D eigenvalue weighted by Crippen LogP contribution is 2.06. The first-order valence-electron chi connectivity index (χ1n) is 6.11. The average Bonchev–Trinajstić information content (AvgIpc) is 2.38. The fourth-order valence-electron chi connectivity index (χ4n) is 1.62. The molecule has 1 aromatic carbocycles. The molecule has 0 unspecified atom stereocenters. The van der Waals surface area contributed by atoms with E-state index in [1.165, 1.54) is 19.6 Å². The van der Waals surface area contributed by atoms with Gasteiger partial charge in [0.25, 0.3) is 0 Å². The minimum Gasteiger partial charge on any atom is -0.467 e. The summed E-state index contributed by atoms with van der Waals surface area (Å²) in [6, 6.07) is 7.40. The van der Waals surface area contributed by atoms with Gasteiger partial charge in [-0.3, -0.25) is 4.79 Å². The fourth-order valence-corrected chi connectivity index (χ4v) is 1.62. The molecule has 0 saturated carbocycles. The molecule has 0 aliphatic heterocycles. The molecule has 1 amide bonds. The van der Waals surface area contributed by atoms with Gasteiger partial charge in [-0.15, -0.1) is 0 Å². The molecule has 0 aliphatic rings. The number of carbonyl (C=O) groups excluding carboxylic acids is 2. The number of nitrogens with one attached hydrogen (secondary N) is 1. The molecule has 19 heavy (non-hydrogen) atoms. The van der Waals surface area contributed by atoms with Crippen LogP contribution in [0.3, 0.4) is 0 Å². The third-order valence-electron chi connectivity index (χ3n) is 2.62. The third kappa shape index (κ3) is 5.38. The Labute approximate surface area is 113 Å². The van der Waals surface area contributed by atoms with Crippen molar-refractivity contribution in [1.29, 1.82) is 0 Å². The van der Waals surface area contributed by atoms with Gasteiger partial charge in [0, 0.05) is 6.92 Å². The Bertz CT molecular complexity index is 463. The van der Waals surface area contributed by atoms with E-state index in [1.54, 1.807) is 0 Å². The van der Waals surface area contributed by atoms with Crippen LogP contribution in [0.15, 0.2) is 30.3 Å². The summed E-state index contributed by atoms with van der Waals surface area (Å²) in [6.07, 6.45) is 4.17. The molecule has 0 saturated heterocycles. The van der Waals surface area contributed by atoms with Gasteiger partial charge >= 0.3 is 5.97 Å². The third-order valence-corrected chi connectivity index (χ3v) is 2.62. The van der Waals surface area contributed by atoms with E-state index in [-0.39, 0.29) is 5.91 Å². The zero-order chi connectivity index (χ0) is 14.3. The van der Waals surface area contributed by atoms with Gasteiger partial charge in [-0.05, 0) is 18.9 Å². The van der Waals surface area contributed by atoms with E-state index in [2.05, 4.69) is 10.1 Å². The van der Waals surface area contributed by atoms with Crippen LogP contribution in [0.2, 0.25) is 0 Å². The highest BCUT2D eigenvalue weighted by Gasteiger charge is 2.17. The van der Waals surface area contributed by atoms with Crippen LogP contribution in [0.25, 0.3) is 6.08 Å². The van der Waals surface area contributed by atoms with Crippen molar-refractivity contribution in [2.75, 3.05) is 7.11 Å². The summed E-state index contributed by atoms with van der Waals surface area (Å²) in [7, 11) is 1.31. The molecule has 0 aliphatic carbocycles. The normalized spacial score (nSPS) is 12.2. The Morgan fingerprint density at radius 3 is 2.47 bits per heavy atom. The van der Waals surface area contributed by atoms with Crippen LogP contribution in [-0.2, 0) is 14.3 Å². The molecular formula is C15H19NO3. The molecule has 0 radical (unpaired) electrons. The maximum Gasteiger partial charge on any atom is 0.328 e. The number of benzene rings is 1. The minimum atomic E-state index is -0.635. The number of amides is 1. The zero-order valence-corrected chi connectivity index (χ0v) is 11.5. The monoisotopic (exact) mass is 261 g/mol. The van der Waals surface area contributed by atoms with Crippen LogP contribution < -0.4 is 5.32 Å². The van der Waals surface area contributed by atoms with Crippen LogP contribution in [0, 0.1) is 6.92 Å². The molecule has 102 valence electrons. The molecular weight excluding hydrogens is 242 g/mol. The summed E-state index contributed by atoms with van der Waals surface area (Å²) in [5.74, 6) is -0.692.